The molecule has 1 N–H and O–H groups in total. The van der Waals surface area contributed by atoms with Gasteiger partial charge in [0.05, 0.1) is 5.69 Å². The van der Waals surface area contributed by atoms with Gasteiger partial charge in [0.2, 0.25) is 0 Å². The van der Waals surface area contributed by atoms with Crippen molar-refractivity contribution in [1.29, 1.82) is 0 Å². The average Bonchev–Trinajstić information content (AvgIpc) is 2.54. The van der Waals surface area contributed by atoms with E-state index in [1.54, 1.807) is 0 Å². The largest absolute Gasteiger partial charge is 0.365 e. The maximum absolute atomic E-state index is 4.76. The molecule has 98 valence electrons. The molecule has 0 aliphatic heterocycles. The first-order valence-electron chi connectivity index (χ1n) is 6.55. The Morgan fingerprint density at radius 3 is 2.50 bits per heavy atom. The minimum Gasteiger partial charge on any atom is -0.365 e. The second kappa shape index (κ2) is 4.30. The van der Waals surface area contributed by atoms with Crippen LogP contribution in [0.15, 0.2) is 18.3 Å². The van der Waals surface area contributed by atoms with Crippen molar-refractivity contribution in [3.05, 3.63) is 29.6 Å². The van der Waals surface area contributed by atoms with Crippen molar-refractivity contribution >= 4 is 11.5 Å². The van der Waals surface area contributed by atoms with Gasteiger partial charge in [-0.15, -0.1) is 0 Å². The number of hydrogen-bond donors (Lipinski definition) is 1. The van der Waals surface area contributed by atoms with Crippen molar-refractivity contribution in [2.45, 2.75) is 53.0 Å². The van der Waals surface area contributed by atoms with Gasteiger partial charge in [-0.1, -0.05) is 13.8 Å². The predicted molar refractivity (Wildman–Crippen MR) is 77.4 cm³/mol. The van der Waals surface area contributed by atoms with E-state index in [2.05, 4.69) is 69.6 Å². The molecule has 0 spiro atoms. The number of imidazole rings is 1. The molecule has 0 aliphatic carbocycles. The number of anilines is 1. The predicted octanol–water partition coefficient (Wildman–Crippen LogP) is 3.98. The molecule has 0 amide bonds. The summed E-state index contributed by atoms with van der Waals surface area (Å²) in [4.78, 5) is 4.76. The zero-order valence-corrected chi connectivity index (χ0v) is 12.2. The second-order valence-electron chi connectivity index (χ2n) is 6.31. The maximum Gasteiger partial charge on any atom is 0.138 e. The van der Waals surface area contributed by atoms with Crippen molar-refractivity contribution in [3.8, 4) is 0 Å². The van der Waals surface area contributed by atoms with Crippen LogP contribution in [0, 0.1) is 6.92 Å². The third-order valence-electron chi connectivity index (χ3n) is 2.85. The molecule has 0 aromatic carbocycles. The van der Waals surface area contributed by atoms with E-state index in [1.807, 2.05) is 0 Å². The van der Waals surface area contributed by atoms with Crippen LogP contribution in [0.2, 0.25) is 0 Å². The highest BCUT2D eigenvalue weighted by atomic mass is 15.2. The van der Waals surface area contributed by atoms with Crippen molar-refractivity contribution in [2.24, 2.45) is 0 Å². The third kappa shape index (κ3) is 2.50. The molecule has 2 heterocycles. The van der Waals surface area contributed by atoms with Crippen molar-refractivity contribution in [2.75, 3.05) is 5.32 Å². The Kier molecular flexibility index (Phi) is 3.09. The van der Waals surface area contributed by atoms with Crippen LogP contribution in [-0.4, -0.2) is 14.9 Å². The number of fused-ring (bicyclic) bond motifs is 1. The minimum absolute atomic E-state index is 0.0322. The SMILES string of the molecule is Cc1ccn2c(NC(C)(C)C)c(C(C)C)nc2c1. The van der Waals surface area contributed by atoms with Gasteiger partial charge in [-0.2, -0.15) is 0 Å². The monoisotopic (exact) mass is 245 g/mol. The number of nitrogens with zero attached hydrogens (tertiary/aromatic N) is 2. The fourth-order valence-corrected chi connectivity index (χ4v) is 2.05. The van der Waals surface area contributed by atoms with E-state index < -0.39 is 0 Å². The number of pyridine rings is 1. The summed E-state index contributed by atoms with van der Waals surface area (Å²) in [5.74, 6) is 1.53. The van der Waals surface area contributed by atoms with E-state index in [0.29, 0.717) is 5.92 Å². The number of aryl methyl sites for hydroxylation is 1. The lowest BCUT2D eigenvalue weighted by molar-refractivity contribution is 0.626. The van der Waals surface area contributed by atoms with Crippen LogP contribution in [0.3, 0.4) is 0 Å². The molecule has 3 nitrogen and oxygen atoms in total. The van der Waals surface area contributed by atoms with Gasteiger partial charge < -0.3 is 5.32 Å². The fourth-order valence-electron chi connectivity index (χ4n) is 2.05. The Bertz CT molecular complexity index is 559. The van der Waals surface area contributed by atoms with Gasteiger partial charge in [-0.25, -0.2) is 4.98 Å². The molecule has 0 radical (unpaired) electrons. The number of aromatic nitrogens is 2. The molecule has 18 heavy (non-hydrogen) atoms. The van der Waals surface area contributed by atoms with Crippen LogP contribution >= 0.6 is 0 Å². The summed E-state index contributed by atoms with van der Waals surface area (Å²) in [7, 11) is 0. The number of rotatable bonds is 2. The van der Waals surface area contributed by atoms with Crippen LogP contribution in [0.1, 0.15) is 51.8 Å². The van der Waals surface area contributed by atoms with Gasteiger partial charge in [-0.3, -0.25) is 4.40 Å². The zero-order valence-electron chi connectivity index (χ0n) is 12.2. The quantitative estimate of drug-likeness (QED) is 0.867. The van der Waals surface area contributed by atoms with Gasteiger partial charge in [0.15, 0.2) is 0 Å². The van der Waals surface area contributed by atoms with Gasteiger partial charge in [-0.05, 0) is 51.3 Å². The molecule has 2 rings (SSSR count). The first kappa shape index (κ1) is 12.9. The normalized spacial score (nSPS) is 12.4. The lowest BCUT2D eigenvalue weighted by atomic mass is 10.1. The summed E-state index contributed by atoms with van der Waals surface area (Å²) >= 11 is 0. The number of hydrogen-bond acceptors (Lipinski definition) is 2. The van der Waals surface area contributed by atoms with Gasteiger partial charge >= 0.3 is 0 Å². The minimum atomic E-state index is 0.0322. The number of nitrogens with one attached hydrogen (secondary N) is 1. The van der Waals surface area contributed by atoms with E-state index in [4.69, 9.17) is 4.98 Å². The van der Waals surface area contributed by atoms with E-state index >= 15 is 0 Å². The van der Waals surface area contributed by atoms with E-state index in [0.717, 1.165) is 17.2 Å². The molecule has 0 atom stereocenters. The van der Waals surface area contributed by atoms with Crippen LogP contribution in [0.4, 0.5) is 5.82 Å². The topological polar surface area (TPSA) is 29.3 Å². The van der Waals surface area contributed by atoms with Crippen molar-refractivity contribution < 1.29 is 0 Å². The van der Waals surface area contributed by atoms with E-state index in [9.17, 15) is 0 Å². The van der Waals surface area contributed by atoms with Crippen LogP contribution in [-0.2, 0) is 0 Å². The lowest BCUT2D eigenvalue weighted by Gasteiger charge is -2.23. The van der Waals surface area contributed by atoms with E-state index in [-0.39, 0.29) is 5.54 Å². The summed E-state index contributed by atoms with van der Waals surface area (Å²) in [6.07, 6.45) is 2.09. The van der Waals surface area contributed by atoms with Gasteiger partial charge in [0.25, 0.3) is 0 Å². The summed E-state index contributed by atoms with van der Waals surface area (Å²) in [6, 6.07) is 4.24. The molecule has 0 unspecified atom stereocenters. The smallest absolute Gasteiger partial charge is 0.138 e. The zero-order chi connectivity index (χ0) is 13.5. The summed E-state index contributed by atoms with van der Waals surface area (Å²) in [6.45, 7) is 13.0. The fraction of sp³-hybridized carbons (Fsp3) is 0.533. The Morgan fingerprint density at radius 1 is 1.28 bits per heavy atom. The molecule has 0 fully saturated rings. The average molecular weight is 245 g/mol. The Labute approximate surface area is 109 Å². The summed E-state index contributed by atoms with van der Waals surface area (Å²) in [5.41, 5.74) is 3.43. The van der Waals surface area contributed by atoms with Gasteiger partial charge in [0, 0.05) is 11.7 Å². The second-order valence-corrected chi connectivity index (χ2v) is 6.31. The lowest BCUT2D eigenvalue weighted by Crippen LogP contribution is -2.27. The van der Waals surface area contributed by atoms with Crippen molar-refractivity contribution in [1.82, 2.24) is 9.38 Å². The highest BCUT2D eigenvalue weighted by Crippen LogP contribution is 2.27. The molecule has 0 saturated heterocycles. The molecule has 2 aromatic rings. The molecule has 2 aromatic heterocycles. The standard InChI is InChI=1S/C15H23N3/c1-10(2)13-14(17-15(4,5)6)18-8-7-11(3)9-12(18)16-13/h7-10,17H,1-6H3. The molecular formula is C15H23N3. The Balaban J connectivity index is 2.63. The summed E-state index contributed by atoms with van der Waals surface area (Å²) in [5, 5.41) is 3.57. The van der Waals surface area contributed by atoms with E-state index in [1.165, 1.54) is 5.56 Å². The Morgan fingerprint density at radius 2 is 1.94 bits per heavy atom. The molecule has 3 heteroatoms. The van der Waals surface area contributed by atoms with Gasteiger partial charge in [0.1, 0.15) is 11.5 Å². The maximum atomic E-state index is 4.76. The van der Waals surface area contributed by atoms with Crippen LogP contribution < -0.4 is 5.32 Å². The highest BCUT2D eigenvalue weighted by Gasteiger charge is 2.19. The summed E-state index contributed by atoms with van der Waals surface area (Å²) < 4.78 is 2.15. The first-order chi connectivity index (χ1) is 8.28. The first-order valence-corrected chi connectivity index (χ1v) is 6.55. The molecule has 0 bridgehead atoms. The van der Waals surface area contributed by atoms with Crippen LogP contribution in [0.25, 0.3) is 5.65 Å². The highest BCUT2D eigenvalue weighted by molar-refractivity contribution is 5.58. The molecular weight excluding hydrogens is 222 g/mol. The van der Waals surface area contributed by atoms with Crippen molar-refractivity contribution in [3.63, 3.8) is 0 Å². The van der Waals surface area contributed by atoms with Crippen LogP contribution in [0.5, 0.6) is 0 Å². The molecule has 0 aliphatic rings. The Hall–Kier alpha value is -1.51. The third-order valence-corrected chi connectivity index (χ3v) is 2.85. The molecule has 0 saturated carbocycles.